The van der Waals surface area contributed by atoms with Crippen LogP contribution in [0, 0.1) is 11.8 Å². The van der Waals surface area contributed by atoms with Crippen molar-refractivity contribution in [3.05, 3.63) is 0 Å². The Balaban J connectivity index is 2.17. The fraction of sp³-hybridized carbons (Fsp3) is 1.00. The molecular formula is C8H17NS. The predicted molar refractivity (Wildman–Crippen MR) is 48.3 cm³/mol. The standard InChI is InChI=1S/C8H17NS/c1-10-6-8(5-9)7-3-2-4-7/h7-8H,2-6,9H2,1H3. The zero-order valence-electron chi connectivity index (χ0n) is 6.68. The number of rotatable bonds is 4. The first kappa shape index (κ1) is 8.41. The van der Waals surface area contributed by atoms with Gasteiger partial charge in [-0.05, 0) is 30.4 Å². The molecule has 2 heteroatoms. The van der Waals surface area contributed by atoms with Gasteiger partial charge in [0.15, 0.2) is 0 Å². The van der Waals surface area contributed by atoms with Crippen molar-refractivity contribution in [1.82, 2.24) is 0 Å². The molecule has 1 fully saturated rings. The smallest absolute Gasteiger partial charge is 0.00272 e. The Morgan fingerprint density at radius 1 is 1.60 bits per heavy atom. The maximum Gasteiger partial charge on any atom is -0.00272 e. The summed E-state index contributed by atoms with van der Waals surface area (Å²) in [6.45, 7) is 0.894. The molecule has 0 aromatic rings. The number of hydrogen-bond acceptors (Lipinski definition) is 2. The van der Waals surface area contributed by atoms with Crippen molar-refractivity contribution in [3.8, 4) is 0 Å². The van der Waals surface area contributed by atoms with Gasteiger partial charge in [-0.25, -0.2) is 0 Å². The van der Waals surface area contributed by atoms with Crippen LogP contribution in [0.2, 0.25) is 0 Å². The first-order valence-corrected chi connectivity index (χ1v) is 5.47. The van der Waals surface area contributed by atoms with Gasteiger partial charge < -0.3 is 5.73 Å². The van der Waals surface area contributed by atoms with E-state index in [1.165, 1.54) is 25.0 Å². The lowest BCUT2D eigenvalue weighted by Crippen LogP contribution is -2.30. The molecule has 0 amide bonds. The van der Waals surface area contributed by atoms with Crippen molar-refractivity contribution in [1.29, 1.82) is 0 Å². The minimum atomic E-state index is 0.809. The highest BCUT2D eigenvalue weighted by Gasteiger charge is 2.25. The molecule has 0 aromatic carbocycles. The highest BCUT2D eigenvalue weighted by Crippen LogP contribution is 2.34. The van der Waals surface area contributed by atoms with Crippen LogP contribution >= 0.6 is 11.8 Å². The van der Waals surface area contributed by atoms with E-state index in [1.807, 2.05) is 11.8 Å². The summed E-state index contributed by atoms with van der Waals surface area (Å²) in [7, 11) is 0. The van der Waals surface area contributed by atoms with Gasteiger partial charge in [0.05, 0.1) is 0 Å². The largest absolute Gasteiger partial charge is 0.330 e. The Morgan fingerprint density at radius 2 is 2.30 bits per heavy atom. The maximum atomic E-state index is 5.66. The van der Waals surface area contributed by atoms with Gasteiger partial charge in [-0.3, -0.25) is 0 Å². The van der Waals surface area contributed by atoms with Crippen LogP contribution in [0.25, 0.3) is 0 Å². The molecule has 1 saturated carbocycles. The van der Waals surface area contributed by atoms with Crippen LogP contribution in [-0.2, 0) is 0 Å². The SMILES string of the molecule is CSCC(CN)C1CCC1. The van der Waals surface area contributed by atoms with Crippen LogP contribution in [0.3, 0.4) is 0 Å². The van der Waals surface area contributed by atoms with E-state index < -0.39 is 0 Å². The molecule has 0 aliphatic heterocycles. The van der Waals surface area contributed by atoms with Crippen molar-refractivity contribution in [2.75, 3.05) is 18.6 Å². The van der Waals surface area contributed by atoms with Gasteiger partial charge in [0.2, 0.25) is 0 Å². The second-order valence-corrected chi connectivity index (χ2v) is 4.05. The second kappa shape index (κ2) is 4.24. The number of thioether (sulfide) groups is 1. The molecule has 0 bridgehead atoms. The van der Waals surface area contributed by atoms with Gasteiger partial charge >= 0.3 is 0 Å². The molecule has 1 unspecified atom stereocenters. The van der Waals surface area contributed by atoms with E-state index >= 15 is 0 Å². The van der Waals surface area contributed by atoms with Gasteiger partial charge in [0, 0.05) is 0 Å². The summed E-state index contributed by atoms with van der Waals surface area (Å²) in [5.74, 6) is 3.04. The second-order valence-electron chi connectivity index (χ2n) is 3.14. The van der Waals surface area contributed by atoms with Crippen LogP contribution in [0.4, 0.5) is 0 Å². The molecule has 1 nitrogen and oxygen atoms in total. The Kier molecular flexibility index (Phi) is 3.57. The lowest BCUT2D eigenvalue weighted by molar-refractivity contribution is 0.229. The van der Waals surface area contributed by atoms with Crippen molar-refractivity contribution in [2.45, 2.75) is 19.3 Å². The highest BCUT2D eigenvalue weighted by atomic mass is 32.2. The molecule has 0 heterocycles. The molecule has 1 aliphatic carbocycles. The zero-order valence-corrected chi connectivity index (χ0v) is 7.49. The lowest BCUT2D eigenvalue weighted by atomic mass is 9.77. The van der Waals surface area contributed by atoms with E-state index in [4.69, 9.17) is 5.73 Å². The van der Waals surface area contributed by atoms with E-state index in [2.05, 4.69) is 6.26 Å². The van der Waals surface area contributed by atoms with Gasteiger partial charge in [-0.15, -0.1) is 0 Å². The highest BCUT2D eigenvalue weighted by molar-refractivity contribution is 7.98. The molecule has 0 spiro atoms. The molecule has 1 atom stereocenters. The quantitative estimate of drug-likeness (QED) is 0.676. The van der Waals surface area contributed by atoms with Crippen LogP contribution in [0.15, 0.2) is 0 Å². The average molecular weight is 159 g/mol. The van der Waals surface area contributed by atoms with Crippen molar-refractivity contribution in [3.63, 3.8) is 0 Å². The van der Waals surface area contributed by atoms with Gasteiger partial charge in [-0.1, -0.05) is 19.3 Å². The summed E-state index contributed by atoms with van der Waals surface area (Å²) >= 11 is 1.93. The topological polar surface area (TPSA) is 26.0 Å². The Morgan fingerprint density at radius 3 is 2.60 bits per heavy atom. The van der Waals surface area contributed by atoms with Gasteiger partial charge in [-0.2, -0.15) is 11.8 Å². The third-order valence-corrected chi connectivity index (χ3v) is 3.26. The minimum Gasteiger partial charge on any atom is -0.330 e. The first-order chi connectivity index (χ1) is 4.88. The summed E-state index contributed by atoms with van der Waals surface area (Å²) in [5, 5.41) is 0. The Bertz CT molecular complexity index is 91.3. The zero-order chi connectivity index (χ0) is 7.40. The van der Waals surface area contributed by atoms with Crippen LogP contribution in [-0.4, -0.2) is 18.6 Å². The Labute approximate surface area is 67.8 Å². The molecule has 2 N–H and O–H groups in total. The summed E-state index contributed by atoms with van der Waals surface area (Å²) in [6.07, 6.45) is 6.47. The van der Waals surface area contributed by atoms with Crippen LogP contribution in [0.5, 0.6) is 0 Å². The summed E-state index contributed by atoms with van der Waals surface area (Å²) in [6, 6.07) is 0. The monoisotopic (exact) mass is 159 g/mol. The van der Waals surface area contributed by atoms with E-state index in [1.54, 1.807) is 0 Å². The number of nitrogens with two attached hydrogens (primary N) is 1. The summed E-state index contributed by atoms with van der Waals surface area (Å²) < 4.78 is 0. The van der Waals surface area contributed by atoms with Gasteiger partial charge in [0.25, 0.3) is 0 Å². The summed E-state index contributed by atoms with van der Waals surface area (Å²) in [5.41, 5.74) is 5.66. The molecule has 1 rings (SSSR count). The molecule has 10 heavy (non-hydrogen) atoms. The van der Waals surface area contributed by atoms with Crippen LogP contribution in [0.1, 0.15) is 19.3 Å². The fourth-order valence-corrected chi connectivity index (χ4v) is 2.36. The molecule has 0 saturated heterocycles. The molecular weight excluding hydrogens is 142 g/mol. The fourth-order valence-electron chi connectivity index (χ4n) is 1.52. The van der Waals surface area contributed by atoms with E-state index in [0.717, 1.165) is 18.4 Å². The molecule has 0 aromatic heterocycles. The van der Waals surface area contributed by atoms with Crippen molar-refractivity contribution >= 4 is 11.8 Å². The lowest BCUT2D eigenvalue weighted by Gasteiger charge is -2.32. The Hall–Kier alpha value is 0.310. The number of hydrogen-bond donors (Lipinski definition) is 1. The van der Waals surface area contributed by atoms with Crippen LogP contribution < -0.4 is 5.73 Å². The first-order valence-electron chi connectivity index (χ1n) is 4.07. The maximum absolute atomic E-state index is 5.66. The van der Waals surface area contributed by atoms with Gasteiger partial charge in [0.1, 0.15) is 0 Å². The molecule has 1 aliphatic rings. The third kappa shape index (κ3) is 1.89. The molecule has 60 valence electrons. The average Bonchev–Trinajstić information content (AvgIpc) is 1.83. The van der Waals surface area contributed by atoms with E-state index in [0.29, 0.717) is 0 Å². The van der Waals surface area contributed by atoms with Crippen molar-refractivity contribution < 1.29 is 0 Å². The third-order valence-electron chi connectivity index (χ3n) is 2.50. The van der Waals surface area contributed by atoms with E-state index in [9.17, 15) is 0 Å². The summed E-state index contributed by atoms with van der Waals surface area (Å²) in [4.78, 5) is 0. The van der Waals surface area contributed by atoms with E-state index in [-0.39, 0.29) is 0 Å². The minimum absolute atomic E-state index is 0.809. The normalized spacial score (nSPS) is 22.2. The molecule has 0 radical (unpaired) electrons. The van der Waals surface area contributed by atoms with Crippen molar-refractivity contribution in [2.24, 2.45) is 17.6 Å². The predicted octanol–water partition coefficient (Wildman–Crippen LogP) is 1.72.